The number of nitriles is 1. The Balaban J connectivity index is 1.72. The van der Waals surface area contributed by atoms with Gasteiger partial charge in [0.1, 0.15) is 17.4 Å². The van der Waals surface area contributed by atoms with Crippen LogP contribution in [0.25, 0.3) is 5.69 Å². The molecule has 0 atom stereocenters. The molecule has 7 nitrogen and oxygen atoms in total. The van der Waals surface area contributed by atoms with Crippen molar-refractivity contribution in [2.75, 3.05) is 11.9 Å². The predicted octanol–water partition coefficient (Wildman–Crippen LogP) is 3.44. The monoisotopic (exact) mass is 442 g/mol. The standard InChI is InChI=1S/C19H12BrFN4O3/c20-16-7-6-13(21)8-15(16)19(27)28-11-17(26)24-18-12(9-22)10-23-25(18)14-4-2-1-3-5-14/h1-8,10H,11H2,(H,24,26). The Morgan fingerprint density at radius 2 is 2.00 bits per heavy atom. The van der Waals surface area contributed by atoms with Crippen LogP contribution >= 0.6 is 15.9 Å². The smallest absolute Gasteiger partial charge is 0.339 e. The number of esters is 1. The first kappa shape index (κ1) is 19.3. The molecular weight excluding hydrogens is 431 g/mol. The minimum absolute atomic E-state index is 0.0418. The van der Waals surface area contributed by atoms with E-state index in [1.54, 1.807) is 24.3 Å². The van der Waals surface area contributed by atoms with Gasteiger partial charge in [0.05, 0.1) is 17.4 Å². The maximum Gasteiger partial charge on any atom is 0.339 e. The van der Waals surface area contributed by atoms with Crippen molar-refractivity contribution in [3.8, 4) is 11.8 Å². The van der Waals surface area contributed by atoms with Gasteiger partial charge >= 0.3 is 5.97 Å². The van der Waals surface area contributed by atoms with Gasteiger partial charge in [0, 0.05) is 4.47 Å². The van der Waals surface area contributed by atoms with Crippen LogP contribution in [0, 0.1) is 17.1 Å². The van der Waals surface area contributed by atoms with Gasteiger partial charge in [0.15, 0.2) is 12.4 Å². The quantitative estimate of drug-likeness (QED) is 0.610. The van der Waals surface area contributed by atoms with Crippen LogP contribution in [0.15, 0.2) is 59.2 Å². The fourth-order valence-electron chi connectivity index (χ4n) is 2.35. The molecule has 1 heterocycles. The molecule has 0 saturated heterocycles. The van der Waals surface area contributed by atoms with E-state index in [9.17, 15) is 19.2 Å². The maximum atomic E-state index is 13.3. The van der Waals surface area contributed by atoms with Gasteiger partial charge in [-0.05, 0) is 46.3 Å². The summed E-state index contributed by atoms with van der Waals surface area (Å²) in [7, 11) is 0. The number of hydrogen-bond acceptors (Lipinski definition) is 5. The highest BCUT2D eigenvalue weighted by Crippen LogP contribution is 2.20. The lowest BCUT2D eigenvalue weighted by molar-refractivity contribution is -0.119. The largest absolute Gasteiger partial charge is 0.452 e. The van der Waals surface area contributed by atoms with E-state index in [-0.39, 0.29) is 16.9 Å². The molecule has 0 aliphatic carbocycles. The van der Waals surface area contributed by atoms with Crippen LogP contribution in [0.4, 0.5) is 10.2 Å². The molecule has 1 N–H and O–H groups in total. The average molecular weight is 443 g/mol. The van der Waals surface area contributed by atoms with Crippen molar-refractivity contribution in [3.63, 3.8) is 0 Å². The van der Waals surface area contributed by atoms with Crippen molar-refractivity contribution in [2.24, 2.45) is 0 Å². The Morgan fingerprint density at radius 3 is 2.71 bits per heavy atom. The van der Waals surface area contributed by atoms with E-state index in [1.807, 2.05) is 12.1 Å². The Bertz CT molecular complexity index is 1080. The number of carbonyl (C=O) groups is 2. The maximum absolute atomic E-state index is 13.3. The molecule has 0 aliphatic heterocycles. The normalized spacial score (nSPS) is 10.2. The summed E-state index contributed by atoms with van der Waals surface area (Å²) in [5, 5.41) is 15.8. The molecule has 0 bridgehead atoms. The number of amides is 1. The molecule has 0 saturated carbocycles. The summed E-state index contributed by atoms with van der Waals surface area (Å²) < 4.78 is 20.0. The van der Waals surface area contributed by atoms with Crippen molar-refractivity contribution in [2.45, 2.75) is 0 Å². The van der Waals surface area contributed by atoms with Crippen LogP contribution in [-0.4, -0.2) is 28.3 Å². The van der Waals surface area contributed by atoms with Gasteiger partial charge in [-0.1, -0.05) is 18.2 Å². The number of nitrogens with one attached hydrogen (secondary N) is 1. The van der Waals surface area contributed by atoms with Crippen LogP contribution in [0.3, 0.4) is 0 Å². The molecular formula is C19H12BrFN4O3. The molecule has 0 aliphatic rings. The first-order chi connectivity index (χ1) is 13.5. The molecule has 28 heavy (non-hydrogen) atoms. The Kier molecular flexibility index (Phi) is 5.81. The zero-order chi connectivity index (χ0) is 20.1. The number of nitrogens with zero attached hydrogens (tertiary/aromatic N) is 3. The Morgan fingerprint density at radius 1 is 1.25 bits per heavy atom. The second-order valence-corrected chi connectivity index (χ2v) is 6.37. The average Bonchev–Trinajstić information content (AvgIpc) is 3.11. The minimum Gasteiger partial charge on any atom is -0.452 e. The molecule has 3 aromatic rings. The zero-order valence-corrected chi connectivity index (χ0v) is 15.8. The highest BCUT2D eigenvalue weighted by Gasteiger charge is 2.18. The van der Waals surface area contributed by atoms with Gasteiger partial charge in [-0.2, -0.15) is 10.4 Å². The van der Waals surface area contributed by atoms with Crippen molar-refractivity contribution in [1.82, 2.24) is 9.78 Å². The summed E-state index contributed by atoms with van der Waals surface area (Å²) >= 11 is 3.13. The number of rotatable bonds is 5. The Hall–Kier alpha value is -3.51. The number of ether oxygens (including phenoxy) is 1. The van der Waals surface area contributed by atoms with Crippen molar-refractivity contribution >= 4 is 33.6 Å². The lowest BCUT2D eigenvalue weighted by Gasteiger charge is -2.10. The molecule has 1 amide bonds. The Labute approximate surface area is 167 Å². The number of anilines is 1. The minimum atomic E-state index is -0.862. The molecule has 140 valence electrons. The van der Waals surface area contributed by atoms with E-state index in [0.717, 1.165) is 6.07 Å². The number of aromatic nitrogens is 2. The first-order valence-corrected chi connectivity index (χ1v) is 8.74. The van der Waals surface area contributed by atoms with Gasteiger partial charge in [-0.25, -0.2) is 13.9 Å². The summed E-state index contributed by atoms with van der Waals surface area (Å²) in [5.41, 5.74) is 0.747. The fraction of sp³-hybridized carbons (Fsp3) is 0.0526. The van der Waals surface area contributed by atoms with Crippen LogP contribution in [0.5, 0.6) is 0 Å². The van der Waals surface area contributed by atoms with Gasteiger partial charge in [-0.3, -0.25) is 4.79 Å². The van der Waals surface area contributed by atoms with Crippen LogP contribution in [0.2, 0.25) is 0 Å². The van der Waals surface area contributed by atoms with E-state index in [1.165, 1.54) is 23.0 Å². The molecule has 0 radical (unpaired) electrons. The van der Waals surface area contributed by atoms with Crippen LogP contribution in [-0.2, 0) is 9.53 Å². The molecule has 0 unspecified atom stereocenters. The fourth-order valence-corrected chi connectivity index (χ4v) is 2.75. The number of hydrogen-bond donors (Lipinski definition) is 1. The molecule has 3 rings (SSSR count). The van der Waals surface area contributed by atoms with E-state index in [2.05, 4.69) is 26.3 Å². The van der Waals surface area contributed by atoms with E-state index in [0.29, 0.717) is 10.2 Å². The topological polar surface area (TPSA) is 97.0 Å². The van der Waals surface area contributed by atoms with Crippen molar-refractivity contribution < 1.29 is 18.7 Å². The predicted molar refractivity (Wildman–Crippen MR) is 101 cm³/mol. The third-order valence-corrected chi connectivity index (χ3v) is 4.32. The number of para-hydroxylation sites is 1. The molecule has 1 aromatic heterocycles. The third-order valence-electron chi connectivity index (χ3n) is 3.63. The highest BCUT2D eigenvalue weighted by molar-refractivity contribution is 9.10. The zero-order valence-electron chi connectivity index (χ0n) is 14.2. The summed E-state index contributed by atoms with van der Waals surface area (Å²) in [4.78, 5) is 24.3. The van der Waals surface area contributed by atoms with Gasteiger partial charge in [-0.15, -0.1) is 0 Å². The lowest BCUT2D eigenvalue weighted by atomic mass is 10.2. The summed E-state index contributed by atoms with van der Waals surface area (Å²) in [6.07, 6.45) is 1.32. The molecule has 0 fully saturated rings. The summed E-state index contributed by atoms with van der Waals surface area (Å²) in [6.45, 7) is -0.618. The van der Waals surface area contributed by atoms with E-state index in [4.69, 9.17) is 4.74 Å². The van der Waals surface area contributed by atoms with Crippen LogP contribution in [0.1, 0.15) is 15.9 Å². The van der Waals surface area contributed by atoms with E-state index >= 15 is 0 Å². The van der Waals surface area contributed by atoms with Gasteiger partial charge in [0.25, 0.3) is 5.91 Å². The second-order valence-electron chi connectivity index (χ2n) is 5.51. The third kappa shape index (κ3) is 4.24. The first-order valence-electron chi connectivity index (χ1n) is 7.95. The number of benzene rings is 2. The SMILES string of the molecule is N#Cc1cnn(-c2ccccc2)c1NC(=O)COC(=O)c1cc(F)ccc1Br. The van der Waals surface area contributed by atoms with Crippen molar-refractivity contribution in [1.29, 1.82) is 5.26 Å². The molecule has 0 spiro atoms. The number of halogens is 2. The second kappa shape index (κ2) is 8.45. The number of carbonyl (C=O) groups excluding carboxylic acids is 2. The lowest BCUT2D eigenvalue weighted by Crippen LogP contribution is -2.23. The summed E-state index contributed by atoms with van der Waals surface area (Å²) in [6, 6.07) is 14.4. The van der Waals surface area contributed by atoms with Gasteiger partial charge in [0.2, 0.25) is 0 Å². The van der Waals surface area contributed by atoms with E-state index < -0.39 is 24.3 Å². The van der Waals surface area contributed by atoms with Crippen molar-refractivity contribution in [3.05, 3.63) is 76.1 Å². The molecule has 2 aromatic carbocycles. The highest BCUT2D eigenvalue weighted by atomic mass is 79.9. The molecule has 9 heteroatoms. The van der Waals surface area contributed by atoms with Crippen LogP contribution < -0.4 is 5.32 Å². The van der Waals surface area contributed by atoms with Gasteiger partial charge < -0.3 is 10.1 Å². The summed E-state index contributed by atoms with van der Waals surface area (Å²) in [5.74, 6) is -1.99.